The van der Waals surface area contributed by atoms with Crippen LogP contribution in [0.15, 0.2) is 35.7 Å². The first-order valence-electron chi connectivity index (χ1n) is 8.31. The van der Waals surface area contributed by atoms with Crippen LogP contribution in [0.5, 0.6) is 0 Å². The monoisotopic (exact) mass is 345 g/mol. The van der Waals surface area contributed by atoms with E-state index in [1.807, 2.05) is 23.6 Å². The lowest BCUT2D eigenvalue weighted by molar-refractivity contribution is -0.122. The van der Waals surface area contributed by atoms with Crippen molar-refractivity contribution in [1.82, 2.24) is 10.3 Å². The maximum absolute atomic E-state index is 12.3. The van der Waals surface area contributed by atoms with E-state index in [-0.39, 0.29) is 18.1 Å². The minimum Gasteiger partial charge on any atom is -0.393 e. The van der Waals surface area contributed by atoms with E-state index in [0.717, 1.165) is 25.0 Å². The van der Waals surface area contributed by atoms with Gasteiger partial charge in [-0.3, -0.25) is 4.79 Å². The number of anilines is 1. The van der Waals surface area contributed by atoms with E-state index in [9.17, 15) is 9.90 Å². The molecule has 0 spiro atoms. The predicted molar refractivity (Wildman–Crippen MR) is 95.7 cm³/mol. The average molecular weight is 345 g/mol. The molecule has 2 aromatic rings. The molecule has 128 valence electrons. The van der Waals surface area contributed by atoms with Gasteiger partial charge >= 0.3 is 0 Å². The largest absolute Gasteiger partial charge is 0.393 e. The lowest BCUT2D eigenvalue weighted by Crippen LogP contribution is -2.48. The maximum Gasteiger partial charge on any atom is 0.220 e. The van der Waals surface area contributed by atoms with Gasteiger partial charge in [0.05, 0.1) is 11.8 Å². The Bertz CT molecular complexity index is 668. The summed E-state index contributed by atoms with van der Waals surface area (Å²) in [5.74, 6) is 0.378. The number of thiazole rings is 1. The van der Waals surface area contributed by atoms with Crippen LogP contribution in [0, 0.1) is 5.92 Å². The maximum atomic E-state index is 12.3. The minimum absolute atomic E-state index is 0.0314. The number of aryl methyl sites for hydroxylation is 1. The topological polar surface area (TPSA) is 88.2 Å². The number of hydrogen-bond acceptors (Lipinski definition) is 5. The second kappa shape index (κ2) is 7.77. The number of aliphatic hydroxyl groups excluding tert-OH is 1. The highest BCUT2D eigenvalue weighted by atomic mass is 32.1. The molecule has 1 fully saturated rings. The van der Waals surface area contributed by atoms with Crippen LogP contribution in [0.3, 0.4) is 0 Å². The molecule has 0 aliphatic heterocycles. The first-order valence-corrected chi connectivity index (χ1v) is 9.19. The van der Waals surface area contributed by atoms with Crippen molar-refractivity contribution in [2.75, 3.05) is 5.73 Å². The van der Waals surface area contributed by atoms with Crippen LogP contribution in [-0.4, -0.2) is 28.1 Å². The molecular formula is C18H23N3O2S. The third-order valence-electron chi connectivity index (χ3n) is 4.54. The van der Waals surface area contributed by atoms with E-state index in [4.69, 9.17) is 5.73 Å². The van der Waals surface area contributed by atoms with Crippen LogP contribution < -0.4 is 11.1 Å². The number of nitrogen functional groups attached to an aromatic ring is 1. The number of nitrogens with zero attached hydrogens (tertiary/aromatic N) is 1. The Morgan fingerprint density at radius 1 is 1.38 bits per heavy atom. The molecule has 24 heavy (non-hydrogen) atoms. The molecule has 1 saturated carbocycles. The second-order valence-corrected chi connectivity index (χ2v) is 7.32. The number of carbonyl (C=O) groups is 1. The lowest BCUT2D eigenvalue weighted by atomic mass is 9.75. The van der Waals surface area contributed by atoms with E-state index in [0.29, 0.717) is 23.9 Å². The van der Waals surface area contributed by atoms with Crippen LogP contribution in [0.1, 0.15) is 30.5 Å². The SMILES string of the molecule is Nc1nc(CCC(=O)N[C@H](Cc2ccccc2)C2CC(O)C2)cs1. The Morgan fingerprint density at radius 3 is 2.75 bits per heavy atom. The van der Waals surface area contributed by atoms with Crippen molar-refractivity contribution in [2.45, 2.75) is 44.2 Å². The van der Waals surface area contributed by atoms with Gasteiger partial charge in [-0.1, -0.05) is 30.3 Å². The number of rotatable bonds is 7. The van der Waals surface area contributed by atoms with Gasteiger partial charge < -0.3 is 16.2 Å². The van der Waals surface area contributed by atoms with Gasteiger partial charge in [-0.25, -0.2) is 4.98 Å². The van der Waals surface area contributed by atoms with Crippen molar-refractivity contribution in [3.8, 4) is 0 Å². The summed E-state index contributed by atoms with van der Waals surface area (Å²) in [6.45, 7) is 0. The molecule has 0 radical (unpaired) electrons. The Hall–Kier alpha value is -1.92. The van der Waals surface area contributed by atoms with Crippen LogP contribution >= 0.6 is 11.3 Å². The Morgan fingerprint density at radius 2 is 2.12 bits per heavy atom. The number of carbonyl (C=O) groups excluding carboxylic acids is 1. The lowest BCUT2D eigenvalue weighted by Gasteiger charge is -2.38. The van der Waals surface area contributed by atoms with Crippen LogP contribution in [-0.2, 0) is 17.6 Å². The fraction of sp³-hybridized carbons (Fsp3) is 0.444. The van der Waals surface area contributed by atoms with E-state index in [1.165, 1.54) is 16.9 Å². The van der Waals surface area contributed by atoms with E-state index in [2.05, 4.69) is 22.4 Å². The molecule has 1 atom stereocenters. The standard InChI is InChI=1S/C18H23N3O2S/c19-18-20-14(11-24-18)6-7-17(23)21-16(13-9-15(22)10-13)8-12-4-2-1-3-5-12/h1-5,11,13,15-16,22H,6-10H2,(H2,19,20)(H,21,23)/t13?,15?,16-/m1/s1. The van der Waals surface area contributed by atoms with Gasteiger partial charge in [-0.15, -0.1) is 11.3 Å². The van der Waals surface area contributed by atoms with Gasteiger partial charge in [0.1, 0.15) is 0 Å². The summed E-state index contributed by atoms with van der Waals surface area (Å²) in [6.07, 6.45) is 3.12. The third-order valence-corrected chi connectivity index (χ3v) is 5.26. The van der Waals surface area contributed by atoms with E-state index in [1.54, 1.807) is 0 Å². The number of benzene rings is 1. The molecule has 0 saturated heterocycles. The molecule has 6 heteroatoms. The number of nitrogens with one attached hydrogen (secondary N) is 1. The zero-order chi connectivity index (χ0) is 16.9. The number of nitrogens with two attached hydrogens (primary N) is 1. The van der Waals surface area contributed by atoms with Crippen molar-refractivity contribution < 1.29 is 9.90 Å². The first kappa shape index (κ1) is 16.9. The minimum atomic E-state index is -0.219. The molecule has 0 unspecified atom stereocenters. The first-order chi connectivity index (χ1) is 11.6. The highest BCUT2D eigenvalue weighted by Gasteiger charge is 2.34. The zero-order valence-electron chi connectivity index (χ0n) is 13.5. The molecule has 0 bridgehead atoms. The summed E-state index contributed by atoms with van der Waals surface area (Å²) < 4.78 is 0. The van der Waals surface area contributed by atoms with Crippen molar-refractivity contribution >= 4 is 22.4 Å². The predicted octanol–water partition coefficient (Wildman–Crippen LogP) is 2.16. The van der Waals surface area contributed by atoms with E-state index < -0.39 is 0 Å². The molecule has 1 aromatic heterocycles. The second-order valence-electron chi connectivity index (χ2n) is 6.43. The fourth-order valence-corrected chi connectivity index (χ4v) is 3.72. The van der Waals surface area contributed by atoms with Crippen molar-refractivity contribution in [3.63, 3.8) is 0 Å². The van der Waals surface area contributed by atoms with Gasteiger partial charge in [0.25, 0.3) is 0 Å². The summed E-state index contributed by atoms with van der Waals surface area (Å²) in [6, 6.07) is 10.2. The smallest absolute Gasteiger partial charge is 0.220 e. The van der Waals surface area contributed by atoms with Gasteiger partial charge in [-0.2, -0.15) is 0 Å². The highest BCUT2D eigenvalue weighted by molar-refractivity contribution is 7.13. The number of aromatic nitrogens is 1. The average Bonchev–Trinajstić information content (AvgIpc) is 2.96. The van der Waals surface area contributed by atoms with Gasteiger partial charge in [0.15, 0.2) is 5.13 Å². The molecule has 1 aliphatic rings. The third kappa shape index (κ3) is 4.55. The molecule has 1 amide bonds. The fourth-order valence-electron chi connectivity index (χ4n) is 3.12. The molecule has 5 nitrogen and oxygen atoms in total. The van der Waals surface area contributed by atoms with Gasteiger partial charge in [0.2, 0.25) is 5.91 Å². The van der Waals surface area contributed by atoms with Crippen molar-refractivity contribution in [3.05, 3.63) is 47.0 Å². The number of aliphatic hydroxyl groups is 1. The Balaban J connectivity index is 1.55. The summed E-state index contributed by atoms with van der Waals surface area (Å²) in [7, 11) is 0. The van der Waals surface area contributed by atoms with E-state index >= 15 is 0 Å². The highest BCUT2D eigenvalue weighted by Crippen LogP contribution is 2.31. The van der Waals surface area contributed by atoms with Gasteiger partial charge in [-0.05, 0) is 37.2 Å². The van der Waals surface area contributed by atoms with Crippen LogP contribution in [0.2, 0.25) is 0 Å². The summed E-state index contributed by atoms with van der Waals surface area (Å²) in [5, 5.41) is 15.2. The Kier molecular flexibility index (Phi) is 5.48. The van der Waals surface area contributed by atoms with Crippen molar-refractivity contribution in [1.29, 1.82) is 0 Å². The number of amides is 1. The summed E-state index contributed by atoms with van der Waals surface area (Å²) in [4.78, 5) is 16.5. The normalized spacial score (nSPS) is 21.0. The molecular weight excluding hydrogens is 322 g/mol. The number of hydrogen-bond donors (Lipinski definition) is 3. The zero-order valence-corrected chi connectivity index (χ0v) is 14.3. The summed E-state index contributed by atoms with van der Waals surface area (Å²) >= 11 is 1.40. The van der Waals surface area contributed by atoms with Crippen molar-refractivity contribution in [2.24, 2.45) is 5.92 Å². The molecule has 1 heterocycles. The van der Waals surface area contributed by atoms with Crippen LogP contribution in [0.4, 0.5) is 5.13 Å². The summed E-state index contributed by atoms with van der Waals surface area (Å²) in [5.41, 5.74) is 7.69. The molecule has 4 N–H and O–H groups in total. The Labute approximate surface area is 145 Å². The quantitative estimate of drug-likeness (QED) is 0.717. The molecule has 1 aromatic carbocycles. The van der Waals surface area contributed by atoms with Crippen LogP contribution in [0.25, 0.3) is 0 Å². The molecule has 3 rings (SSSR count). The molecule has 1 aliphatic carbocycles. The van der Waals surface area contributed by atoms with Gasteiger partial charge in [0, 0.05) is 17.8 Å².